The Hall–Kier alpha value is -2.34. The van der Waals surface area contributed by atoms with Gasteiger partial charge < -0.3 is 9.64 Å². The largest absolute Gasteiger partial charge is 0.494 e. The Morgan fingerprint density at radius 2 is 1.92 bits per heavy atom. The number of rotatable bonds is 4. The van der Waals surface area contributed by atoms with Gasteiger partial charge in [0.2, 0.25) is 5.91 Å². The summed E-state index contributed by atoms with van der Waals surface area (Å²) in [6, 6.07) is 8.43. The number of halogens is 1. The Labute approximate surface area is 144 Å². The maximum atomic E-state index is 12.3. The molecule has 1 amide bonds. The van der Waals surface area contributed by atoms with Crippen LogP contribution in [0.1, 0.15) is 12.8 Å². The van der Waals surface area contributed by atoms with E-state index in [4.69, 9.17) is 16.3 Å². The molecule has 1 fully saturated rings. The van der Waals surface area contributed by atoms with Crippen molar-refractivity contribution in [2.45, 2.75) is 19.4 Å². The molecule has 0 N–H and O–H groups in total. The number of methoxy groups -OCH3 is 1. The van der Waals surface area contributed by atoms with Crippen molar-refractivity contribution in [1.29, 1.82) is 0 Å². The predicted octanol–water partition coefficient (Wildman–Crippen LogP) is 2.19. The summed E-state index contributed by atoms with van der Waals surface area (Å²) in [4.78, 5) is 26.3. The van der Waals surface area contributed by atoms with E-state index >= 15 is 0 Å². The van der Waals surface area contributed by atoms with Crippen molar-refractivity contribution in [1.82, 2.24) is 14.7 Å². The van der Waals surface area contributed by atoms with Gasteiger partial charge in [0.15, 0.2) is 5.75 Å². The summed E-state index contributed by atoms with van der Waals surface area (Å²) in [5.41, 5.74) is 0.902. The molecule has 0 saturated carbocycles. The van der Waals surface area contributed by atoms with Gasteiger partial charge >= 0.3 is 0 Å². The molecule has 0 atom stereocenters. The Morgan fingerprint density at radius 3 is 2.54 bits per heavy atom. The van der Waals surface area contributed by atoms with Crippen LogP contribution in [0.25, 0.3) is 11.3 Å². The molecule has 7 heteroatoms. The molecule has 2 aromatic rings. The molecule has 1 aromatic heterocycles. The molecule has 126 valence electrons. The fourth-order valence-corrected chi connectivity index (χ4v) is 2.87. The normalized spacial score (nSPS) is 14.0. The van der Waals surface area contributed by atoms with Gasteiger partial charge in [-0.1, -0.05) is 23.7 Å². The topological polar surface area (TPSA) is 64.4 Å². The van der Waals surface area contributed by atoms with Gasteiger partial charge in [-0.25, -0.2) is 4.68 Å². The molecule has 0 radical (unpaired) electrons. The molecule has 1 aliphatic heterocycles. The first-order valence-corrected chi connectivity index (χ1v) is 8.16. The van der Waals surface area contributed by atoms with Gasteiger partial charge in [0.05, 0.1) is 7.11 Å². The number of carbonyl (C=O) groups excluding carboxylic acids is 1. The number of hydrogen-bond donors (Lipinski definition) is 0. The number of benzene rings is 1. The van der Waals surface area contributed by atoms with E-state index in [1.165, 1.54) is 17.9 Å². The van der Waals surface area contributed by atoms with Crippen LogP contribution in [0.15, 0.2) is 35.1 Å². The second-order valence-electron chi connectivity index (χ2n) is 5.65. The van der Waals surface area contributed by atoms with Crippen LogP contribution in [-0.4, -0.2) is 40.8 Å². The molecule has 0 unspecified atom stereocenters. The number of amides is 1. The highest BCUT2D eigenvalue weighted by atomic mass is 35.5. The van der Waals surface area contributed by atoms with Gasteiger partial charge in [0.1, 0.15) is 12.2 Å². The Kier molecular flexibility index (Phi) is 4.85. The molecule has 24 heavy (non-hydrogen) atoms. The first kappa shape index (κ1) is 16.5. The number of hydrogen-bond acceptors (Lipinski definition) is 4. The van der Waals surface area contributed by atoms with Crippen LogP contribution in [0.3, 0.4) is 0 Å². The maximum absolute atomic E-state index is 12.3. The first-order chi connectivity index (χ1) is 11.6. The van der Waals surface area contributed by atoms with E-state index in [0.717, 1.165) is 31.5 Å². The standard InChI is InChI=1S/C17H18ClN3O3/c1-24-14-10-15(22)21(11-16(23)20-8-2-3-9-20)19-17(14)12-4-6-13(18)7-5-12/h4-7,10H,2-3,8-9,11H2,1H3. The third-order valence-electron chi connectivity index (χ3n) is 4.04. The number of nitrogens with zero attached hydrogens (tertiary/aromatic N) is 3. The molecule has 1 aliphatic rings. The lowest BCUT2D eigenvalue weighted by atomic mass is 10.1. The fraction of sp³-hybridized carbons (Fsp3) is 0.353. The summed E-state index contributed by atoms with van der Waals surface area (Å²) < 4.78 is 6.45. The van der Waals surface area contributed by atoms with Crippen molar-refractivity contribution in [2.75, 3.05) is 20.2 Å². The van der Waals surface area contributed by atoms with Crippen LogP contribution in [-0.2, 0) is 11.3 Å². The van der Waals surface area contributed by atoms with Crippen LogP contribution in [0, 0.1) is 0 Å². The quantitative estimate of drug-likeness (QED) is 0.850. The lowest BCUT2D eigenvalue weighted by Crippen LogP contribution is -2.35. The van der Waals surface area contributed by atoms with Gasteiger partial charge in [-0.2, -0.15) is 5.10 Å². The van der Waals surface area contributed by atoms with Crippen molar-refractivity contribution in [3.05, 3.63) is 45.7 Å². The van der Waals surface area contributed by atoms with Crippen molar-refractivity contribution < 1.29 is 9.53 Å². The number of aromatic nitrogens is 2. The van der Waals surface area contributed by atoms with Gasteiger partial charge in [0, 0.05) is 29.7 Å². The summed E-state index contributed by atoms with van der Waals surface area (Å²) in [6.45, 7) is 1.42. The highest BCUT2D eigenvalue weighted by Gasteiger charge is 2.20. The summed E-state index contributed by atoms with van der Waals surface area (Å²) in [7, 11) is 1.48. The van der Waals surface area contributed by atoms with E-state index in [2.05, 4.69) is 5.10 Å². The second-order valence-corrected chi connectivity index (χ2v) is 6.09. The van der Waals surface area contributed by atoms with Crippen LogP contribution >= 0.6 is 11.6 Å². The highest BCUT2D eigenvalue weighted by molar-refractivity contribution is 6.30. The fourth-order valence-electron chi connectivity index (χ4n) is 2.75. The number of likely N-dealkylation sites (tertiary alicyclic amines) is 1. The molecule has 6 nitrogen and oxygen atoms in total. The van der Waals surface area contributed by atoms with Crippen LogP contribution in [0.5, 0.6) is 5.75 Å². The zero-order valence-electron chi connectivity index (χ0n) is 13.4. The third kappa shape index (κ3) is 3.43. The van der Waals surface area contributed by atoms with Crippen LogP contribution in [0.4, 0.5) is 0 Å². The summed E-state index contributed by atoms with van der Waals surface area (Å²) >= 11 is 5.91. The summed E-state index contributed by atoms with van der Waals surface area (Å²) in [5, 5.41) is 4.95. The number of ether oxygens (including phenoxy) is 1. The van der Waals surface area contributed by atoms with E-state index in [0.29, 0.717) is 16.5 Å². The van der Waals surface area contributed by atoms with Crippen molar-refractivity contribution in [3.63, 3.8) is 0 Å². The molecule has 0 spiro atoms. The van der Waals surface area contributed by atoms with E-state index in [9.17, 15) is 9.59 Å². The van der Waals surface area contributed by atoms with Gasteiger partial charge in [-0.3, -0.25) is 9.59 Å². The average molecular weight is 348 g/mol. The van der Waals surface area contributed by atoms with E-state index < -0.39 is 0 Å². The lowest BCUT2D eigenvalue weighted by Gasteiger charge is -2.16. The monoisotopic (exact) mass is 347 g/mol. The maximum Gasteiger partial charge on any atom is 0.270 e. The average Bonchev–Trinajstić information content (AvgIpc) is 3.12. The molecule has 0 bridgehead atoms. The number of carbonyl (C=O) groups is 1. The van der Waals surface area contributed by atoms with E-state index in [1.54, 1.807) is 29.2 Å². The van der Waals surface area contributed by atoms with Crippen molar-refractivity contribution in [2.24, 2.45) is 0 Å². The zero-order valence-corrected chi connectivity index (χ0v) is 14.1. The first-order valence-electron chi connectivity index (χ1n) is 7.78. The molecular formula is C17H18ClN3O3. The molecule has 0 aliphatic carbocycles. The second kappa shape index (κ2) is 7.05. The molecule has 3 rings (SSSR count). The Bertz CT molecular complexity index is 796. The third-order valence-corrected chi connectivity index (χ3v) is 4.30. The van der Waals surface area contributed by atoms with Crippen LogP contribution < -0.4 is 10.3 Å². The lowest BCUT2D eigenvalue weighted by molar-refractivity contribution is -0.131. The molecular weight excluding hydrogens is 330 g/mol. The summed E-state index contributed by atoms with van der Waals surface area (Å²) in [5.74, 6) is 0.279. The zero-order chi connectivity index (χ0) is 17.1. The van der Waals surface area contributed by atoms with Gasteiger partial charge in [-0.05, 0) is 25.0 Å². The minimum atomic E-state index is -0.364. The predicted molar refractivity (Wildman–Crippen MR) is 91.3 cm³/mol. The molecule has 1 saturated heterocycles. The SMILES string of the molecule is COc1cc(=O)n(CC(=O)N2CCCC2)nc1-c1ccc(Cl)cc1. The van der Waals surface area contributed by atoms with Gasteiger partial charge in [0.25, 0.3) is 5.56 Å². The summed E-state index contributed by atoms with van der Waals surface area (Å²) in [6.07, 6.45) is 2.01. The van der Waals surface area contributed by atoms with Crippen molar-refractivity contribution in [3.8, 4) is 17.0 Å². The molecule has 2 heterocycles. The van der Waals surface area contributed by atoms with E-state index in [1.807, 2.05) is 0 Å². The van der Waals surface area contributed by atoms with Crippen molar-refractivity contribution >= 4 is 17.5 Å². The Balaban J connectivity index is 1.95. The smallest absolute Gasteiger partial charge is 0.270 e. The van der Waals surface area contributed by atoms with Gasteiger partial charge in [-0.15, -0.1) is 0 Å². The molecule has 1 aromatic carbocycles. The minimum Gasteiger partial charge on any atom is -0.494 e. The van der Waals surface area contributed by atoms with Crippen LogP contribution in [0.2, 0.25) is 5.02 Å². The highest BCUT2D eigenvalue weighted by Crippen LogP contribution is 2.27. The van der Waals surface area contributed by atoms with E-state index in [-0.39, 0.29) is 18.0 Å². The minimum absolute atomic E-state index is 0.0661. The Morgan fingerprint density at radius 1 is 1.25 bits per heavy atom.